The molecule has 1 amide bonds. The third-order valence-corrected chi connectivity index (χ3v) is 2.87. The molecule has 0 radical (unpaired) electrons. The molecule has 88 valence electrons. The van der Waals surface area contributed by atoms with Crippen molar-refractivity contribution in [3.8, 4) is 0 Å². The molecule has 0 unspecified atom stereocenters. The van der Waals surface area contributed by atoms with E-state index in [0.29, 0.717) is 6.42 Å². The SMILES string of the molecule is CN1CCCN(C(=O)CCCCO)CC1. The van der Waals surface area contributed by atoms with Crippen molar-refractivity contribution in [1.29, 1.82) is 0 Å². The van der Waals surface area contributed by atoms with E-state index in [1.54, 1.807) is 0 Å². The Labute approximate surface area is 91.9 Å². The van der Waals surface area contributed by atoms with Crippen molar-refractivity contribution in [1.82, 2.24) is 9.80 Å². The summed E-state index contributed by atoms with van der Waals surface area (Å²) in [7, 11) is 2.10. The van der Waals surface area contributed by atoms with Gasteiger partial charge in [0.25, 0.3) is 0 Å². The number of amides is 1. The van der Waals surface area contributed by atoms with Gasteiger partial charge in [-0.15, -0.1) is 0 Å². The first kappa shape index (κ1) is 12.5. The molecular weight excluding hydrogens is 192 g/mol. The molecule has 1 heterocycles. The van der Waals surface area contributed by atoms with E-state index in [0.717, 1.165) is 45.4 Å². The average molecular weight is 214 g/mol. The van der Waals surface area contributed by atoms with Gasteiger partial charge in [-0.3, -0.25) is 4.79 Å². The molecule has 0 aromatic carbocycles. The number of hydrogen-bond donors (Lipinski definition) is 1. The van der Waals surface area contributed by atoms with Crippen LogP contribution >= 0.6 is 0 Å². The molecule has 4 heteroatoms. The molecule has 1 saturated heterocycles. The first-order valence-electron chi connectivity index (χ1n) is 5.81. The molecule has 15 heavy (non-hydrogen) atoms. The number of likely N-dealkylation sites (N-methyl/N-ethyl adjacent to an activating group) is 1. The van der Waals surface area contributed by atoms with Gasteiger partial charge in [0.2, 0.25) is 5.91 Å². The number of rotatable bonds is 4. The molecule has 0 aliphatic carbocycles. The lowest BCUT2D eigenvalue weighted by Gasteiger charge is -2.20. The van der Waals surface area contributed by atoms with Gasteiger partial charge in [-0.1, -0.05) is 0 Å². The molecule has 1 N–H and O–H groups in total. The van der Waals surface area contributed by atoms with Gasteiger partial charge in [0.15, 0.2) is 0 Å². The van der Waals surface area contributed by atoms with E-state index in [4.69, 9.17) is 5.11 Å². The summed E-state index contributed by atoms with van der Waals surface area (Å²) in [6.07, 6.45) is 3.20. The summed E-state index contributed by atoms with van der Waals surface area (Å²) >= 11 is 0. The summed E-state index contributed by atoms with van der Waals surface area (Å²) in [5.74, 6) is 0.249. The Balaban J connectivity index is 2.25. The van der Waals surface area contributed by atoms with Crippen molar-refractivity contribution in [2.45, 2.75) is 25.7 Å². The fourth-order valence-corrected chi connectivity index (χ4v) is 1.84. The second kappa shape index (κ2) is 6.80. The lowest BCUT2D eigenvalue weighted by molar-refractivity contribution is -0.131. The Kier molecular flexibility index (Phi) is 5.65. The van der Waals surface area contributed by atoms with Crippen molar-refractivity contribution >= 4 is 5.91 Å². The van der Waals surface area contributed by atoms with Crippen LogP contribution in [0.5, 0.6) is 0 Å². The smallest absolute Gasteiger partial charge is 0.222 e. The Morgan fingerprint density at radius 3 is 2.73 bits per heavy atom. The van der Waals surface area contributed by atoms with Crippen LogP contribution in [-0.2, 0) is 4.79 Å². The fourth-order valence-electron chi connectivity index (χ4n) is 1.84. The van der Waals surface area contributed by atoms with E-state index in [1.165, 1.54) is 0 Å². The van der Waals surface area contributed by atoms with E-state index < -0.39 is 0 Å². The van der Waals surface area contributed by atoms with Gasteiger partial charge >= 0.3 is 0 Å². The Hall–Kier alpha value is -0.610. The van der Waals surface area contributed by atoms with E-state index in [-0.39, 0.29) is 12.5 Å². The van der Waals surface area contributed by atoms with E-state index in [2.05, 4.69) is 11.9 Å². The van der Waals surface area contributed by atoms with Gasteiger partial charge in [0, 0.05) is 32.7 Å². The highest BCUT2D eigenvalue weighted by Crippen LogP contribution is 2.05. The average Bonchev–Trinajstić information content (AvgIpc) is 2.43. The maximum atomic E-state index is 11.8. The molecule has 0 spiro atoms. The summed E-state index contributed by atoms with van der Waals surface area (Å²) in [6, 6.07) is 0. The summed E-state index contributed by atoms with van der Waals surface area (Å²) in [5, 5.41) is 8.64. The van der Waals surface area contributed by atoms with Crippen molar-refractivity contribution < 1.29 is 9.90 Å². The monoisotopic (exact) mass is 214 g/mol. The number of carbonyl (C=O) groups is 1. The molecule has 4 nitrogen and oxygen atoms in total. The van der Waals surface area contributed by atoms with Gasteiger partial charge in [0.05, 0.1) is 0 Å². The molecule has 0 aromatic heterocycles. The van der Waals surface area contributed by atoms with E-state index in [9.17, 15) is 4.79 Å². The van der Waals surface area contributed by atoms with Gasteiger partial charge in [-0.2, -0.15) is 0 Å². The summed E-state index contributed by atoms with van der Waals surface area (Å²) in [4.78, 5) is 16.0. The van der Waals surface area contributed by atoms with Crippen molar-refractivity contribution in [3.63, 3.8) is 0 Å². The predicted octanol–water partition coefficient (Wildman–Crippen LogP) is 0.313. The zero-order valence-electron chi connectivity index (χ0n) is 9.61. The van der Waals surface area contributed by atoms with Crippen LogP contribution in [0.1, 0.15) is 25.7 Å². The van der Waals surface area contributed by atoms with Crippen LogP contribution < -0.4 is 0 Å². The zero-order chi connectivity index (χ0) is 11.1. The zero-order valence-corrected chi connectivity index (χ0v) is 9.61. The molecule has 1 aliphatic heterocycles. The molecule has 0 saturated carbocycles. The van der Waals surface area contributed by atoms with Gasteiger partial charge in [0.1, 0.15) is 0 Å². The first-order valence-corrected chi connectivity index (χ1v) is 5.81. The van der Waals surface area contributed by atoms with Gasteiger partial charge in [-0.05, 0) is 32.9 Å². The summed E-state index contributed by atoms with van der Waals surface area (Å²) in [5.41, 5.74) is 0. The Morgan fingerprint density at radius 2 is 2.00 bits per heavy atom. The van der Waals surface area contributed by atoms with Crippen molar-refractivity contribution in [2.75, 3.05) is 39.8 Å². The minimum Gasteiger partial charge on any atom is -0.396 e. The van der Waals surface area contributed by atoms with Crippen LogP contribution in [0.2, 0.25) is 0 Å². The molecule has 0 bridgehead atoms. The highest BCUT2D eigenvalue weighted by atomic mass is 16.3. The molecule has 0 atom stereocenters. The predicted molar refractivity (Wildman–Crippen MR) is 59.6 cm³/mol. The quantitative estimate of drug-likeness (QED) is 0.685. The third-order valence-electron chi connectivity index (χ3n) is 2.87. The Bertz CT molecular complexity index is 197. The van der Waals surface area contributed by atoms with Gasteiger partial charge in [-0.25, -0.2) is 0 Å². The number of carbonyl (C=O) groups excluding carboxylic acids is 1. The number of aliphatic hydroxyl groups excluding tert-OH is 1. The molecule has 0 aromatic rings. The van der Waals surface area contributed by atoms with Crippen LogP contribution in [0.25, 0.3) is 0 Å². The van der Waals surface area contributed by atoms with E-state index in [1.807, 2.05) is 4.90 Å². The van der Waals surface area contributed by atoms with Crippen LogP contribution in [-0.4, -0.2) is 60.6 Å². The molecule has 1 rings (SSSR count). The number of nitrogens with zero attached hydrogens (tertiary/aromatic N) is 2. The minimum atomic E-state index is 0.190. The number of aliphatic hydroxyl groups is 1. The number of unbranched alkanes of at least 4 members (excludes halogenated alkanes) is 1. The topological polar surface area (TPSA) is 43.8 Å². The van der Waals surface area contributed by atoms with Crippen molar-refractivity contribution in [2.24, 2.45) is 0 Å². The Morgan fingerprint density at radius 1 is 1.20 bits per heavy atom. The fraction of sp³-hybridized carbons (Fsp3) is 0.909. The van der Waals surface area contributed by atoms with Crippen LogP contribution in [0.4, 0.5) is 0 Å². The molecule has 1 aliphatic rings. The van der Waals surface area contributed by atoms with E-state index >= 15 is 0 Å². The highest BCUT2D eigenvalue weighted by molar-refractivity contribution is 5.76. The maximum Gasteiger partial charge on any atom is 0.222 e. The standard InChI is InChI=1S/C11H22N2O2/c1-12-6-4-7-13(9-8-12)11(15)5-2-3-10-14/h14H,2-10H2,1H3. The van der Waals surface area contributed by atoms with Crippen LogP contribution in [0.3, 0.4) is 0 Å². The normalized spacial score (nSPS) is 18.9. The largest absolute Gasteiger partial charge is 0.396 e. The number of hydrogen-bond acceptors (Lipinski definition) is 3. The first-order chi connectivity index (χ1) is 7.24. The summed E-state index contributed by atoms with van der Waals surface area (Å²) < 4.78 is 0. The van der Waals surface area contributed by atoms with Crippen molar-refractivity contribution in [3.05, 3.63) is 0 Å². The summed E-state index contributed by atoms with van der Waals surface area (Å²) in [6.45, 7) is 4.00. The second-order valence-corrected chi connectivity index (χ2v) is 4.22. The maximum absolute atomic E-state index is 11.8. The minimum absolute atomic E-state index is 0.190. The van der Waals surface area contributed by atoms with Crippen LogP contribution in [0.15, 0.2) is 0 Å². The third kappa shape index (κ3) is 4.62. The molecule has 1 fully saturated rings. The van der Waals surface area contributed by atoms with Gasteiger partial charge < -0.3 is 14.9 Å². The lowest BCUT2D eigenvalue weighted by atomic mass is 10.2. The molecular formula is C11H22N2O2. The lowest BCUT2D eigenvalue weighted by Crippen LogP contribution is -2.34. The second-order valence-electron chi connectivity index (χ2n) is 4.22. The van der Waals surface area contributed by atoms with Crippen LogP contribution in [0, 0.1) is 0 Å². The highest BCUT2D eigenvalue weighted by Gasteiger charge is 2.16.